The van der Waals surface area contributed by atoms with Gasteiger partial charge in [0, 0.05) is 27.1 Å². The number of para-hydroxylation sites is 2. The summed E-state index contributed by atoms with van der Waals surface area (Å²) >= 11 is 0. The molecule has 10 rings (SSSR count). The molecule has 0 radical (unpaired) electrons. The van der Waals surface area contributed by atoms with E-state index < -0.39 is 0 Å². The second kappa shape index (κ2) is 14.5. The van der Waals surface area contributed by atoms with Gasteiger partial charge in [0.2, 0.25) is 0 Å². The summed E-state index contributed by atoms with van der Waals surface area (Å²) in [4.78, 5) is 13.9. The minimum absolute atomic E-state index is 0.354. The summed E-state index contributed by atoms with van der Waals surface area (Å²) in [6.07, 6.45) is 0. The van der Waals surface area contributed by atoms with Gasteiger partial charge < -0.3 is 9.13 Å². The molecule has 62 heavy (non-hydrogen) atoms. The highest BCUT2D eigenvalue weighted by atomic mass is 15.1. The van der Waals surface area contributed by atoms with Gasteiger partial charge in [-0.1, -0.05) is 72.8 Å². The summed E-state index contributed by atoms with van der Waals surface area (Å²) in [5.41, 5.74) is 10.3. The van der Waals surface area contributed by atoms with E-state index in [9.17, 15) is 26.3 Å². The van der Waals surface area contributed by atoms with Gasteiger partial charge in [0.25, 0.3) is 0 Å². The summed E-state index contributed by atoms with van der Waals surface area (Å²) in [6, 6.07) is 53.9. The van der Waals surface area contributed by atoms with E-state index in [1.807, 2.05) is 54.6 Å². The van der Waals surface area contributed by atoms with Crippen LogP contribution in [0, 0.1) is 70.5 Å². The van der Waals surface area contributed by atoms with E-state index in [1.165, 1.54) is 0 Å². The summed E-state index contributed by atoms with van der Waals surface area (Å²) in [5.74, 6) is 1.41. The van der Waals surface area contributed by atoms with Gasteiger partial charge in [0.1, 0.15) is 11.6 Å². The van der Waals surface area contributed by atoms with Crippen LogP contribution in [0.15, 0.2) is 133 Å². The average Bonchev–Trinajstić information content (AvgIpc) is 3.82. The van der Waals surface area contributed by atoms with E-state index in [2.05, 4.69) is 93.0 Å². The maximum atomic E-state index is 10.9. The average molecular weight is 793 g/mol. The molecule has 3 heterocycles. The molecule has 0 saturated carbocycles. The maximum absolute atomic E-state index is 10.9. The SMILES string of the molecule is Cc1nc(C)nc(-c2cc(-n3c4ccccc4c4ccc(-c5ccc(C#N)cc5C#N)cc43)c(-n3c4ccccc4c4ccc(-c5ccc(C#N)cc5C#N)cc43)cc2C#N)n1. The fourth-order valence-corrected chi connectivity index (χ4v) is 8.66. The number of benzene rings is 7. The van der Waals surface area contributed by atoms with Gasteiger partial charge in [0.15, 0.2) is 5.82 Å². The van der Waals surface area contributed by atoms with E-state index in [4.69, 9.17) is 9.97 Å². The van der Waals surface area contributed by atoms with Crippen molar-refractivity contribution < 1.29 is 0 Å². The Kier molecular flexibility index (Phi) is 8.61. The van der Waals surface area contributed by atoms with Gasteiger partial charge in [-0.05, 0) is 96.8 Å². The molecule has 286 valence electrons. The summed E-state index contributed by atoms with van der Waals surface area (Å²) in [5, 5.41) is 54.4. The molecule has 0 N–H and O–H groups in total. The molecule has 0 aliphatic heterocycles. The predicted octanol–water partition coefficient (Wildman–Crippen LogP) is 11.0. The van der Waals surface area contributed by atoms with Crippen LogP contribution in [0.2, 0.25) is 0 Å². The molecular formula is C52H28N10. The van der Waals surface area contributed by atoms with Crippen LogP contribution in [-0.4, -0.2) is 24.1 Å². The Balaban J connectivity index is 1.35. The number of hydrogen-bond acceptors (Lipinski definition) is 8. The highest BCUT2D eigenvalue weighted by Gasteiger charge is 2.24. The molecule has 10 nitrogen and oxygen atoms in total. The molecule has 0 amide bonds. The highest BCUT2D eigenvalue weighted by Crippen LogP contribution is 2.42. The van der Waals surface area contributed by atoms with Crippen LogP contribution in [0.4, 0.5) is 0 Å². The Hall–Kier alpha value is -9.40. The van der Waals surface area contributed by atoms with Crippen LogP contribution in [0.5, 0.6) is 0 Å². The Morgan fingerprint density at radius 1 is 0.387 bits per heavy atom. The molecule has 0 spiro atoms. The van der Waals surface area contributed by atoms with E-state index >= 15 is 0 Å². The van der Waals surface area contributed by atoms with Gasteiger partial charge in [-0.15, -0.1) is 0 Å². The van der Waals surface area contributed by atoms with Gasteiger partial charge in [-0.25, -0.2) is 15.0 Å². The van der Waals surface area contributed by atoms with Crippen molar-refractivity contribution in [2.24, 2.45) is 0 Å². The lowest BCUT2D eigenvalue weighted by atomic mass is 9.97. The molecule has 7 aromatic carbocycles. The van der Waals surface area contributed by atoms with Crippen LogP contribution in [0.25, 0.3) is 88.6 Å². The quantitative estimate of drug-likeness (QED) is 0.166. The second-order valence-corrected chi connectivity index (χ2v) is 14.9. The molecule has 0 aliphatic rings. The molecule has 0 saturated heterocycles. The summed E-state index contributed by atoms with van der Waals surface area (Å²) < 4.78 is 4.34. The van der Waals surface area contributed by atoms with Crippen LogP contribution < -0.4 is 0 Å². The third-order valence-corrected chi connectivity index (χ3v) is 11.3. The molecule has 0 bridgehead atoms. The van der Waals surface area contributed by atoms with Crippen LogP contribution in [0.3, 0.4) is 0 Å². The first-order chi connectivity index (χ1) is 30.3. The van der Waals surface area contributed by atoms with Crippen molar-refractivity contribution in [1.29, 1.82) is 26.3 Å². The molecule has 3 aromatic heterocycles. The topological polar surface area (TPSA) is 167 Å². The largest absolute Gasteiger partial charge is 0.307 e. The molecule has 10 aromatic rings. The lowest BCUT2D eigenvalue weighted by Crippen LogP contribution is -2.07. The first-order valence-corrected chi connectivity index (χ1v) is 19.6. The number of aromatic nitrogens is 5. The summed E-state index contributed by atoms with van der Waals surface area (Å²) in [7, 11) is 0. The molecule has 0 unspecified atom stereocenters. The number of hydrogen-bond donors (Lipinski definition) is 0. The zero-order valence-corrected chi connectivity index (χ0v) is 33.2. The highest BCUT2D eigenvalue weighted by molar-refractivity contribution is 6.13. The van der Waals surface area contributed by atoms with Crippen LogP contribution in [0.1, 0.15) is 39.5 Å². The fraction of sp³-hybridized carbons (Fsp3) is 0.0385. The maximum Gasteiger partial charge on any atom is 0.164 e. The third kappa shape index (κ3) is 5.79. The number of rotatable bonds is 5. The number of fused-ring (bicyclic) bond motifs is 6. The van der Waals surface area contributed by atoms with Gasteiger partial charge in [-0.3, -0.25) is 0 Å². The van der Waals surface area contributed by atoms with Crippen molar-refractivity contribution in [3.8, 4) is 75.4 Å². The van der Waals surface area contributed by atoms with Crippen LogP contribution >= 0.6 is 0 Å². The molecular weight excluding hydrogens is 765 g/mol. The van der Waals surface area contributed by atoms with E-state index in [0.717, 1.165) is 60.4 Å². The van der Waals surface area contributed by atoms with E-state index in [1.54, 1.807) is 44.2 Å². The lowest BCUT2D eigenvalue weighted by molar-refractivity contribution is 0.927. The van der Waals surface area contributed by atoms with E-state index in [-0.39, 0.29) is 0 Å². The third-order valence-electron chi connectivity index (χ3n) is 11.3. The van der Waals surface area contributed by atoms with Crippen molar-refractivity contribution in [3.63, 3.8) is 0 Å². The molecule has 10 heteroatoms. The van der Waals surface area contributed by atoms with Gasteiger partial charge in [-0.2, -0.15) is 26.3 Å². The first-order valence-electron chi connectivity index (χ1n) is 19.6. The van der Waals surface area contributed by atoms with Crippen molar-refractivity contribution in [2.45, 2.75) is 13.8 Å². The van der Waals surface area contributed by atoms with Gasteiger partial charge in [0.05, 0.1) is 91.6 Å². The van der Waals surface area contributed by atoms with Crippen molar-refractivity contribution in [3.05, 3.63) is 173 Å². The zero-order valence-electron chi connectivity index (χ0n) is 33.2. The van der Waals surface area contributed by atoms with Crippen molar-refractivity contribution >= 4 is 43.6 Å². The summed E-state index contributed by atoms with van der Waals surface area (Å²) in [6.45, 7) is 3.60. The Morgan fingerprint density at radius 3 is 1.29 bits per heavy atom. The lowest BCUT2D eigenvalue weighted by Gasteiger charge is -2.19. The predicted molar refractivity (Wildman–Crippen MR) is 238 cm³/mol. The monoisotopic (exact) mass is 792 g/mol. The van der Waals surface area contributed by atoms with Crippen molar-refractivity contribution in [1.82, 2.24) is 24.1 Å². The van der Waals surface area contributed by atoms with E-state index in [0.29, 0.717) is 67.7 Å². The second-order valence-electron chi connectivity index (χ2n) is 14.9. The number of nitriles is 5. The first kappa shape index (κ1) is 36.9. The minimum Gasteiger partial charge on any atom is -0.307 e. The number of aryl methyl sites for hydroxylation is 2. The normalized spacial score (nSPS) is 11.0. The number of nitrogens with zero attached hydrogens (tertiary/aromatic N) is 10. The van der Waals surface area contributed by atoms with Crippen molar-refractivity contribution in [2.75, 3.05) is 0 Å². The fourth-order valence-electron chi connectivity index (χ4n) is 8.66. The van der Waals surface area contributed by atoms with Gasteiger partial charge >= 0.3 is 0 Å². The Labute approximate surface area is 354 Å². The Bertz CT molecular complexity index is 3770. The standard InChI is InChI=1S/C52H28N10/c1-30-58-31(2)60-52(59-30)45-24-51(62-47-10-6-4-8-42(47)44-18-14-35(22-49(44)62)40-16-12-33(26-54)20-37(40)28-56)50(23-38(45)29-57)61-46-9-5-3-7-41(46)43-17-13-34(21-48(43)61)39-15-11-32(25-53)19-36(39)27-55/h3-24H,1-2H3. The smallest absolute Gasteiger partial charge is 0.164 e. The molecule has 0 atom stereocenters. The molecule has 0 aliphatic carbocycles. The zero-order chi connectivity index (χ0) is 42.6. The molecule has 0 fully saturated rings. The van der Waals surface area contributed by atoms with Crippen LogP contribution in [-0.2, 0) is 0 Å². The minimum atomic E-state index is 0.354. The Morgan fingerprint density at radius 2 is 0.823 bits per heavy atom.